The van der Waals surface area contributed by atoms with Gasteiger partial charge in [0.25, 0.3) is 0 Å². The molecule has 2 rings (SSSR count). The topological polar surface area (TPSA) is 32.3 Å². The Morgan fingerprint density at radius 3 is 3.00 bits per heavy atom. The van der Waals surface area contributed by atoms with Gasteiger partial charge in [0.05, 0.1) is 0 Å². The first kappa shape index (κ1) is 12.8. The fraction of sp³-hybridized carbons (Fsp3) is 0.571. The van der Waals surface area contributed by atoms with Crippen LogP contribution in [0.3, 0.4) is 0 Å². The lowest BCUT2D eigenvalue weighted by Gasteiger charge is -2.27. The average molecular weight is 251 g/mol. The molecule has 0 saturated carbocycles. The quantitative estimate of drug-likeness (QED) is 0.861. The van der Waals surface area contributed by atoms with Crippen LogP contribution in [-0.4, -0.2) is 23.0 Å². The van der Waals surface area contributed by atoms with Crippen LogP contribution in [0.4, 0.5) is 5.69 Å². The van der Waals surface area contributed by atoms with Gasteiger partial charge in [-0.25, -0.2) is 0 Å². The van der Waals surface area contributed by atoms with Gasteiger partial charge in [-0.3, -0.25) is 0 Å². The average Bonchev–Trinajstić information content (AvgIpc) is 2.28. The van der Waals surface area contributed by atoms with Crippen molar-refractivity contribution in [2.24, 2.45) is 0 Å². The van der Waals surface area contributed by atoms with E-state index in [4.69, 9.17) is 5.11 Å². The molecule has 2 nitrogen and oxygen atoms in total. The molecule has 0 bridgehead atoms. The zero-order valence-electron chi connectivity index (χ0n) is 10.6. The summed E-state index contributed by atoms with van der Waals surface area (Å²) in [6, 6.07) is 6.63. The van der Waals surface area contributed by atoms with E-state index in [1.807, 2.05) is 11.8 Å². The number of thioether (sulfide) groups is 1. The molecule has 1 aliphatic rings. The van der Waals surface area contributed by atoms with Crippen molar-refractivity contribution in [2.75, 3.05) is 17.7 Å². The molecular weight excluding hydrogens is 230 g/mol. The zero-order chi connectivity index (χ0) is 12.3. The Balaban J connectivity index is 2.11. The standard InChI is InChI=1S/C14H21NOS/c1-14(2,7-8-16)15-12-5-6-13-11(10-12)4-3-9-17-13/h5-6,10,15-16H,3-4,7-9H2,1-2H3. The first-order valence-corrected chi connectivity index (χ1v) is 7.24. The second kappa shape index (κ2) is 5.32. The number of aliphatic hydroxyl groups excluding tert-OH is 1. The molecule has 0 fully saturated rings. The molecule has 94 valence electrons. The molecule has 1 aromatic rings. The van der Waals surface area contributed by atoms with Crippen LogP contribution in [-0.2, 0) is 6.42 Å². The maximum atomic E-state index is 9.03. The van der Waals surface area contributed by atoms with Gasteiger partial charge in [0.1, 0.15) is 0 Å². The predicted molar refractivity (Wildman–Crippen MR) is 74.9 cm³/mol. The van der Waals surface area contributed by atoms with Gasteiger partial charge in [-0.05, 0) is 62.6 Å². The lowest BCUT2D eigenvalue weighted by molar-refractivity contribution is 0.261. The van der Waals surface area contributed by atoms with Crippen LogP contribution in [0.15, 0.2) is 23.1 Å². The molecule has 0 unspecified atom stereocenters. The van der Waals surface area contributed by atoms with E-state index in [1.54, 1.807) is 0 Å². The molecule has 1 aliphatic heterocycles. The molecule has 0 saturated heterocycles. The Bertz CT molecular complexity index is 390. The summed E-state index contributed by atoms with van der Waals surface area (Å²) in [6.07, 6.45) is 3.23. The van der Waals surface area contributed by atoms with E-state index < -0.39 is 0 Å². The Kier molecular flexibility index (Phi) is 4.00. The number of anilines is 1. The van der Waals surface area contributed by atoms with E-state index in [0.717, 1.165) is 6.42 Å². The van der Waals surface area contributed by atoms with E-state index in [2.05, 4.69) is 37.4 Å². The fourth-order valence-electron chi connectivity index (χ4n) is 2.17. The Morgan fingerprint density at radius 1 is 1.41 bits per heavy atom. The summed E-state index contributed by atoms with van der Waals surface area (Å²) in [5, 5.41) is 12.5. The molecule has 0 amide bonds. The molecule has 0 spiro atoms. The van der Waals surface area contributed by atoms with E-state index >= 15 is 0 Å². The molecule has 1 aromatic carbocycles. The van der Waals surface area contributed by atoms with Gasteiger partial charge in [-0.1, -0.05) is 0 Å². The van der Waals surface area contributed by atoms with Crippen LogP contribution in [0.25, 0.3) is 0 Å². The first-order chi connectivity index (χ1) is 8.11. The van der Waals surface area contributed by atoms with E-state index in [1.165, 1.54) is 34.7 Å². The van der Waals surface area contributed by atoms with Crippen molar-refractivity contribution in [2.45, 2.75) is 43.5 Å². The molecular formula is C14H21NOS. The van der Waals surface area contributed by atoms with Crippen molar-refractivity contribution < 1.29 is 5.11 Å². The monoisotopic (exact) mass is 251 g/mol. The van der Waals surface area contributed by atoms with Crippen LogP contribution >= 0.6 is 11.8 Å². The maximum absolute atomic E-state index is 9.03. The molecule has 0 aliphatic carbocycles. The summed E-state index contributed by atoms with van der Waals surface area (Å²) in [4.78, 5) is 1.43. The largest absolute Gasteiger partial charge is 0.396 e. The molecule has 0 aromatic heterocycles. The minimum atomic E-state index is -0.0508. The summed E-state index contributed by atoms with van der Waals surface area (Å²) in [6.45, 7) is 4.47. The van der Waals surface area contributed by atoms with Gasteiger partial charge in [-0.15, -0.1) is 11.8 Å². The van der Waals surface area contributed by atoms with Crippen LogP contribution in [0.5, 0.6) is 0 Å². The maximum Gasteiger partial charge on any atom is 0.0453 e. The minimum Gasteiger partial charge on any atom is -0.396 e. The predicted octanol–water partition coefficient (Wildman–Crippen LogP) is 3.30. The lowest BCUT2D eigenvalue weighted by Crippen LogP contribution is -2.31. The smallest absolute Gasteiger partial charge is 0.0453 e. The highest BCUT2D eigenvalue weighted by Gasteiger charge is 2.17. The second-order valence-corrected chi connectivity index (χ2v) is 6.39. The molecule has 3 heteroatoms. The summed E-state index contributed by atoms with van der Waals surface area (Å²) in [5.41, 5.74) is 2.58. The Labute approximate surface area is 108 Å². The van der Waals surface area contributed by atoms with Crippen LogP contribution in [0, 0.1) is 0 Å². The zero-order valence-corrected chi connectivity index (χ0v) is 11.4. The van der Waals surface area contributed by atoms with Crippen molar-refractivity contribution in [1.82, 2.24) is 0 Å². The van der Waals surface area contributed by atoms with E-state index in [-0.39, 0.29) is 12.1 Å². The molecule has 0 radical (unpaired) electrons. The van der Waals surface area contributed by atoms with Crippen LogP contribution in [0.2, 0.25) is 0 Å². The normalized spacial score (nSPS) is 15.5. The highest BCUT2D eigenvalue weighted by atomic mass is 32.2. The summed E-state index contributed by atoms with van der Waals surface area (Å²) in [5.74, 6) is 1.25. The van der Waals surface area contributed by atoms with Gasteiger partial charge in [0.2, 0.25) is 0 Å². The molecule has 0 atom stereocenters. The van der Waals surface area contributed by atoms with E-state index in [9.17, 15) is 0 Å². The highest BCUT2D eigenvalue weighted by molar-refractivity contribution is 7.99. The summed E-state index contributed by atoms with van der Waals surface area (Å²) < 4.78 is 0. The summed E-state index contributed by atoms with van der Waals surface area (Å²) >= 11 is 1.96. The number of hydrogen-bond donors (Lipinski definition) is 2. The Hall–Kier alpha value is -0.670. The number of hydrogen-bond acceptors (Lipinski definition) is 3. The minimum absolute atomic E-state index is 0.0508. The third-order valence-corrected chi connectivity index (χ3v) is 4.33. The molecule has 1 heterocycles. The number of aliphatic hydroxyl groups is 1. The van der Waals surface area contributed by atoms with Gasteiger partial charge >= 0.3 is 0 Å². The van der Waals surface area contributed by atoms with E-state index in [0.29, 0.717) is 0 Å². The van der Waals surface area contributed by atoms with Crippen molar-refractivity contribution in [3.8, 4) is 0 Å². The number of nitrogens with one attached hydrogen (secondary N) is 1. The summed E-state index contributed by atoms with van der Waals surface area (Å²) in [7, 11) is 0. The fourth-order valence-corrected chi connectivity index (χ4v) is 3.19. The highest BCUT2D eigenvalue weighted by Crippen LogP contribution is 2.32. The third-order valence-electron chi connectivity index (χ3n) is 3.13. The third kappa shape index (κ3) is 3.39. The number of rotatable bonds is 4. The van der Waals surface area contributed by atoms with Crippen molar-refractivity contribution in [3.63, 3.8) is 0 Å². The van der Waals surface area contributed by atoms with Crippen molar-refractivity contribution in [3.05, 3.63) is 23.8 Å². The Morgan fingerprint density at radius 2 is 2.24 bits per heavy atom. The van der Waals surface area contributed by atoms with Gasteiger partial charge in [-0.2, -0.15) is 0 Å². The van der Waals surface area contributed by atoms with Crippen molar-refractivity contribution in [1.29, 1.82) is 0 Å². The SMILES string of the molecule is CC(C)(CCO)Nc1ccc2c(c1)CCCS2. The van der Waals surface area contributed by atoms with Gasteiger partial charge in [0, 0.05) is 22.7 Å². The van der Waals surface area contributed by atoms with Crippen LogP contribution < -0.4 is 5.32 Å². The second-order valence-electron chi connectivity index (χ2n) is 5.26. The van der Waals surface area contributed by atoms with Crippen LogP contribution in [0.1, 0.15) is 32.3 Å². The number of benzene rings is 1. The first-order valence-electron chi connectivity index (χ1n) is 6.25. The number of aryl methyl sites for hydroxylation is 1. The van der Waals surface area contributed by atoms with Gasteiger partial charge in [0.15, 0.2) is 0 Å². The van der Waals surface area contributed by atoms with Crippen molar-refractivity contribution >= 4 is 17.4 Å². The number of fused-ring (bicyclic) bond motifs is 1. The molecule has 17 heavy (non-hydrogen) atoms. The van der Waals surface area contributed by atoms with Gasteiger partial charge < -0.3 is 10.4 Å². The lowest BCUT2D eigenvalue weighted by atomic mass is 10.00. The molecule has 2 N–H and O–H groups in total.